The van der Waals surface area contributed by atoms with Gasteiger partial charge in [0.05, 0.1) is 19.0 Å². The number of benzene rings is 1. The second-order valence-corrected chi connectivity index (χ2v) is 10.1. The van der Waals surface area contributed by atoms with Gasteiger partial charge in [-0.25, -0.2) is 4.98 Å². The minimum absolute atomic E-state index is 0.0423. The molecule has 1 N–H and O–H groups in total. The fraction of sp³-hybridized carbons (Fsp3) is 0.556. The lowest BCUT2D eigenvalue weighted by Crippen LogP contribution is -2.54. The summed E-state index contributed by atoms with van der Waals surface area (Å²) in [5.74, 6) is 1.87. The Hall–Kier alpha value is -3.36. The van der Waals surface area contributed by atoms with Gasteiger partial charge in [-0.3, -0.25) is 9.59 Å². The fourth-order valence-corrected chi connectivity index (χ4v) is 5.73. The molecule has 3 heterocycles. The van der Waals surface area contributed by atoms with Gasteiger partial charge < -0.3 is 24.8 Å². The molecule has 9 heteroatoms. The van der Waals surface area contributed by atoms with Crippen molar-refractivity contribution in [2.75, 3.05) is 42.4 Å². The van der Waals surface area contributed by atoms with Gasteiger partial charge in [-0.1, -0.05) is 25.7 Å². The van der Waals surface area contributed by atoms with Crippen LogP contribution in [0.5, 0.6) is 5.75 Å². The minimum atomic E-state index is -0.271. The van der Waals surface area contributed by atoms with E-state index in [2.05, 4.69) is 15.2 Å². The van der Waals surface area contributed by atoms with Crippen molar-refractivity contribution in [3.8, 4) is 5.75 Å². The molecule has 192 valence electrons. The van der Waals surface area contributed by atoms with E-state index in [1.54, 1.807) is 31.3 Å². The lowest BCUT2D eigenvalue weighted by Gasteiger charge is -2.42. The van der Waals surface area contributed by atoms with Gasteiger partial charge in [-0.05, 0) is 50.8 Å². The topological polar surface area (TPSA) is 90.9 Å². The van der Waals surface area contributed by atoms with E-state index >= 15 is 0 Å². The van der Waals surface area contributed by atoms with E-state index in [-0.39, 0.29) is 17.9 Å². The largest absolute Gasteiger partial charge is 0.495 e. The lowest BCUT2D eigenvalue weighted by atomic mass is 10.1. The number of hydrogen-bond acceptors (Lipinski definition) is 7. The summed E-state index contributed by atoms with van der Waals surface area (Å²) >= 11 is 0. The molecule has 5 rings (SSSR count). The van der Waals surface area contributed by atoms with E-state index in [9.17, 15) is 9.59 Å². The van der Waals surface area contributed by atoms with Crippen molar-refractivity contribution in [3.05, 3.63) is 30.0 Å². The number of carbonyl (C=O) groups is 2. The van der Waals surface area contributed by atoms with E-state index in [1.165, 1.54) is 25.7 Å². The number of methoxy groups -OCH3 is 1. The average molecular weight is 493 g/mol. The predicted molar refractivity (Wildman–Crippen MR) is 140 cm³/mol. The summed E-state index contributed by atoms with van der Waals surface area (Å²) in [6.45, 7) is 3.56. The zero-order valence-electron chi connectivity index (χ0n) is 21.5. The number of rotatable bonds is 5. The van der Waals surface area contributed by atoms with Gasteiger partial charge in [0.2, 0.25) is 11.9 Å². The summed E-state index contributed by atoms with van der Waals surface area (Å²) < 4.78 is 5.63. The number of anilines is 4. The first kappa shape index (κ1) is 24.3. The van der Waals surface area contributed by atoms with Gasteiger partial charge in [0.15, 0.2) is 5.82 Å². The van der Waals surface area contributed by atoms with Gasteiger partial charge in [-0.15, -0.1) is 0 Å². The van der Waals surface area contributed by atoms with Crippen LogP contribution in [0.25, 0.3) is 0 Å². The molecule has 0 bridgehead atoms. The van der Waals surface area contributed by atoms with Crippen LogP contribution < -0.4 is 19.9 Å². The average Bonchev–Trinajstić information content (AvgIpc) is 3.28. The van der Waals surface area contributed by atoms with Crippen LogP contribution in [0.3, 0.4) is 0 Å². The third-order valence-corrected chi connectivity index (χ3v) is 7.77. The highest BCUT2D eigenvalue weighted by Gasteiger charge is 2.39. The molecule has 0 spiro atoms. The Labute approximate surface area is 212 Å². The Kier molecular flexibility index (Phi) is 6.98. The smallest absolute Gasteiger partial charge is 0.253 e. The summed E-state index contributed by atoms with van der Waals surface area (Å²) in [5.41, 5.74) is 2.03. The highest BCUT2D eigenvalue weighted by atomic mass is 16.5. The van der Waals surface area contributed by atoms with E-state index < -0.39 is 0 Å². The van der Waals surface area contributed by atoms with Crippen LogP contribution in [0.4, 0.5) is 23.1 Å². The van der Waals surface area contributed by atoms with Crippen molar-refractivity contribution < 1.29 is 14.3 Å². The van der Waals surface area contributed by atoms with E-state index in [1.807, 2.05) is 24.0 Å². The van der Waals surface area contributed by atoms with Crippen molar-refractivity contribution in [1.29, 1.82) is 0 Å². The Morgan fingerprint density at radius 1 is 1.08 bits per heavy atom. The van der Waals surface area contributed by atoms with Crippen molar-refractivity contribution in [1.82, 2.24) is 14.9 Å². The molecule has 2 amide bonds. The number of nitrogens with zero attached hydrogens (tertiary/aromatic N) is 5. The number of likely N-dealkylation sites (tertiary alicyclic amines) is 1. The third-order valence-electron chi connectivity index (χ3n) is 7.77. The Bertz CT molecular complexity index is 1120. The van der Waals surface area contributed by atoms with Gasteiger partial charge >= 0.3 is 0 Å². The second-order valence-electron chi connectivity index (χ2n) is 10.1. The molecule has 3 aliphatic rings. The van der Waals surface area contributed by atoms with Crippen LogP contribution in [0, 0.1) is 0 Å². The summed E-state index contributed by atoms with van der Waals surface area (Å²) in [7, 11) is 3.38. The van der Waals surface area contributed by atoms with Crippen LogP contribution in [-0.4, -0.2) is 66.0 Å². The molecular formula is C27H36N6O3. The number of amides is 2. The van der Waals surface area contributed by atoms with Gasteiger partial charge in [-0.2, -0.15) is 4.98 Å². The maximum absolute atomic E-state index is 13.1. The summed E-state index contributed by atoms with van der Waals surface area (Å²) in [5, 5.41) is 3.28. The molecule has 36 heavy (non-hydrogen) atoms. The Morgan fingerprint density at radius 2 is 1.81 bits per heavy atom. The zero-order valence-corrected chi connectivity index (χ0v) is 21.5. The molecule has 2 aliphatic heterocycles. The van der Waals surface area contributed by atoms with Crippen LogP contribution >= 0.6 is 0 Å². The SMILES string of the molecule is COc1cc(C(=O)N2CCCCCC2)ccc1Nc1ncc2c(n1)N(C1CCCC1)C(C)C(=O)N2C. The molecule has 1 aromatic carbocycles. The number of likely N-dealkylation sites (N-methyl/N-ethyl adjacent to an activating group) is 1. The summed E-state index contributed by atoms with van der Waals surface area (Å²) in [6.07, 6.45) is 10.6. The fourth-order valence-electron chi connectivity index (χ4n) is 5.73. The quantitative estimate of drug-likeness (QED) is 0.663. The van der Waals surface area contributed by atoms with E-state index in [0.29, 0.717) is 29.0 Å². The maximum Gasteiger partial charge on any atom is 0.253 e. The number of hydrogen-bond donors (Lipinski definition) is 1. The van der Waals surface area contributed by atoms with Crippen LogP contribution in [0.15, 0.2) is 24.4 Å². The molecule has 1 saturated carbocycles. The van der Waals surface area contributed by atoms with Crippen LogP contribution in [-0.2, 0) is 4.79 Å². The van der Waals surface area contributed by atoms with Crippen molar-refractivity contribution >= 4 is 35.0 Å². The highest BCUT2D eigenvalue weighted by molar-refractivity contribution is 6.04. The van der Waals surface area contributed by atoms with Crippen molar-refractivity contribution in [2.45, 2.75) is 70.4 Å². The molecule has 0 radical (unpaired) electrons. The highest BCUT2D eigenvalue weighted by Crippen LogP contribution is 2.39. The molecule has 2 fully saturated rings. The first-order valence-corrected chi connectivity index (χ1v) is 13.1. The second kappa shape index (κ2) is 10.3. The first-order chi connectivity index (χ1) is 17.5. The summed E-state index contributed by atoms with van der Waals surface area (Å²) in [4.78, 5) is 41.1. The minimum Gasteiger partial charge on any atom is -0.495 e. The molecule has 1 atom stereocenters. The predicted octanol–water partition coefficient (Wildman–Crippen LogP) is 4.36. The first-order valence-electron chi connectivity index (χ1n) is 13.1. The molecule has 1 aromatic heterocycles. The van der Waals surface area contributed by atoms with E-state index in [4.69, 9.17) is 9.72 Å². The number of aromatic nitrogens is 2. The monoisotopic (exact) mass is 492 g/mol. The molecule has 1 unspecified atom stereocenters. The number of fused-ring (bicyclic) bond motifs is 1. The summed E-state index contributed by atoms with van der Waals surface area (Å²) in [6, 6.07) is 5.49. The Balaban J connectivity index is 1.41. The number of ether oxygens (including phenoxy) is 1. The molecule has 1 saturated heterocycles. The van der Waals surface area contributed by atoms with Crippen molar-refractivity contribution in [2.24, 2.45) is 0 Å². The van der Waals surface area contributed by atoms with Crippen molar-refractivity contribution in [3.63, 3.8) is 0 Å². The lowest BCUT2D eigenvalue weighted by molar-refractivity contribution is -0.119. The van der Waals surface area contributed by atoms with Gasteiger partial charge in [0.1, 0.15) is 17.5 Å². The molecule has 2 aromatic rings. The Morgan fingerprint density at radius 3 is 2.50 bits per heavy atom. The number of carbonyl (C=O) groups excluding carboxylic acids is 2. The molecule has 9 nitrogen and oxygen atoms in total. The number of nitrogens with one attached hydrogen (secondary N) is 1. The van der Waals surface area contributed by atoms with Crippen LogP contribution in [0.1, 0.15) is 68.6 Å². The van der Waals surface area contributed by atoms with Gasteiger partial charge in [0.25, 0.3) is 5.91 Å². The van der Waals surface area contributed by atoms with Crippen LogP contribution in [0.2, 0.25) is 0 Å². The third kappa shape index (κ3) is 4.58. The van der Waals surface area contributed by atoms with Gasteiger partial charge in [0, 0.05) is 31.7 Å². The normalized spacial score (nSPS) is 20.8. The maximum atomic E-state index is 13.1. The van der Waals surface area contributed by atoms with E-state index in [0.717, 1.165) is 50.3 Å². The molecule has 1 aliphatic carbocycles. The molecular weight excluding hydrogens is 456 g/mol. The zero-order chi connectivity index (χ0) is 25.2. The standard InChI is InChI=1S/C27H36N6O3/c1-18-25(34)31(2)22-17-28-27(30-24(22)33(18)20-10-6-7-11-20)29-21-13-12-19(16-23(21)36-3)26(35)32-14-8-4-5-9-15-32/h12-13,16-18,20H,4-11,14-15H2,1-3H3,(H,28,29,30).